The molecule has 2 heterocycles. The number of anilines is 1. The fraction of sp³-hybridized carbons (Fsp3) is 0.259. The van der Waals surface area contributed by atoms with E-state index in [1.807, 2.05) is 13.0 Å². The van der Waals surface area contributed by atoms with Gasteiger partial charge in [0.05, 0.1) is 6.20 Å². The summed E-state index contributed by atoms with van der Waals surface area (Å²) in [5, 5.41) is 6.95. The summed E-state index contributed by atoms with van der Waals surface area (Å²) in [5.74, 6) is 0.446. The second-order valence-electron chi connectivity index (χ2n) is 9.03. The van der Waals surface area contributed by atoms with Crippen molar-refractivity contribution in [1.82, 2.24) is 14.6 Å². The number of Topliss-reactive ketones (excluding diaryl/α,β-unsaturated/α-hetero) is 1. The van der Waals surface area contributed by atoms with Crippen molar-refractivity contribution in [2.24, 2.45) is 0 Å². The van der Waals surface area contributed by atoms with Gasteiger partial charge in [0.25, 0.3) is 0 Å². The fourth-order valence-corrected chi connectivity index (χ4v) is 3.35. The maximum atomic E-state index is 13.5. The van der Waals surface area contributed by atoms with E-state index in [1.54, 1.807) is 57.3 Å². The van der Waals surface area contributed by atoms with E-state index < -0.39 is 17.5 Å². The van der Waals surface area contributed by atoms with E-state index >= 15 is 0 Å². The van der Waals surface area contributed by atoms with Crippen LogP contribution in [0.4, 0.5) is 15.0 Å². The SMILES string of the molecule is C.Cc1ccc(Oc2ccc3nc(NC(=O)OC(C)(C)C)cn3n2)cc1CC(=O)c1cccc(F)c1. The van der Waals surface area contributed by atoms with Crippen LogP contribution in [0.25, 0.3) is 5.65 Å². The number of ketones is 1. The van der Waals surface area contributed by atoms with Crippen molar-refractivity contribution in [2.75, 3.05) is 5.32 Å². The summed E-state index contributed by atoms with van der Waals surface area (Å²) < 4.78 is 26.1. The number of carbonyl (C=O) groups excluding carboxylic acids is 2. The quantitative estimate of drug-likeness (QED) is 0.314. The molecule has 4 rings (SSSR count). The van der Waals surface area contributed by atoms with Gasteiger partial charge >= 0.3 is 6.09 Å². The third-order valence-electron chi connectivity index (χ3n) is 4.97. The average molecular weight is 493 g/mol. The van der Waals surface area contributed by atoms with E-state index in [-0.39, 0.29) is 25.4 Å². The number of hydrogen-bond acceptors (Lipinski definition) is 6. The van der Waals surface area contributed by atoms with Crippen molar-refractivity contribution >= 4 is 23.3 Å². The van der Waals surface area contributed by atoms with Gasteiger partial charge in [-0.1, -0.05) is 25.6 Å². The first-order valence-corrected chi connectivity index (χ1v) is 11.0. The van der Waals surface area contributed by atoms with Crippen LogP contribution in [-0.4, -0.2) is 32.1 Å². The predicted octanol–water partition coefficient (Wildman–Crippen LogP) is 6.38. The van der Waals surface area contributed by atoms with Crippen molar-refractivity contribution in [2.45, 2.75) is 47.1 Å². The number of aromatic nitrogens is 3. The number of imidazole rings is 1. The molecule has 1 amide bonds. The Kier molecular flexibility index (Phi) is 7.72. The molecular formula is C27H29FN4O4. The summed E-state index contributed by atoms with van der Waals surface area (Å²) in [6.07, 6.45) is 1.04. The zero-order valence-corrected chi connectivity index (χ0v) is 19.8. The van der Waals surface area contributed by atoms with Gasteiger partial charge in [-0.3, -0.25) is 10.1 Å². The Bertz CT molecular complexity index is 1410. The molecule has 2 aromatic heterocycles. The van der Waals surface area contributed by atoms with Gasteiger partial charge in [0, 0.05) is 18.1 Å². The molecule has 9 heteroatoms. The molecule has 0 saturated heterocycles. The van der Waals surface area contributed by atoms with Gasteiger partial charge in [-0.05, 0) is 69.2 Å². The molecule has 8 nitrogen and oxygen atoms in total. The topological polar surface area (TPSA) is 94.8 Å². The number of nitrogens with zero attached hydrogens (tertiary/aromatic N) is 3. The number of carbonyl (C=O) groups is 2. The van der Waals surface area contributed by atoms with Crippen molar-refractivity contribution in [3.63, 3.8) is 0 Å². The smallest absolute Gasteiger partial charge is 0.413 e. The van der Waals surface area contributed by atoms with Crippen LogP contribution in [0.5, 0.6) is 11.6 Å². The number of hydrogen-bond donors (Lipinski definition) is 1. The van der Waals surface area contributed by atoms with Crippen molar-refractivity contribution in [3.05, 3.63) is 83.3 Å². The lowest BCUT2D eigenvalue weighted by Crippen LogP contribution is -2.27. The molecule has 0 aliphatic rings. The lowest BCUT2D eigenvalue weighted by molar-refractivity contribution is 0.0635. The van der Waals surface area contributed by atoms with Crippen LogP contribution in [0, 0.1) is 12.7 Å². The predicted molar refractivity (Wildman–Crippen MR) is 135 cm³/mol. The first-order valence-electron chi connectivity index (χ1n) is 11.0. The fourth-order valence-electron chi connectivity index (χ4n) is 3.35. The summed E-state index contributed by atoms with van der Waals surface area (Å²) in [5.41, 5.74) is 1.88. The van der Waals surface area contributed by atoms with Gasteiger partial charge < -0.3 is 9.47 Å². The number of benzene rings is 2. The summed E-state index contributed by atoms with van der Waals surface area (Å²) in [6.45, 7) is 7.22. The standard InChI is InChI=1S/C26H25FN4O4.CH4/c1-16-8-9-20(13-18(16)14-21(32)17-6-5-7-19(27)12-17)34-24-11-10-23-28-22(15-31(23)30-24)29-25(33)35-26(2,3)4;/h5-13,15H,14H2,1-4H3,(H,29,33);1H4. The van der Waals surface area contributed by atoms with Crippen molar-refractivity contribution < 1.29 is 23.5 Å². The van der Waals surface area contributed by atoms with Crippen LogP contribution in [0.3, 0.4) is 0 Å². The molecule has 0 fully saturated rings. The van der Waals surface area contributed by atoms with Gasteiger partial charge in [-0.15, -0.1) is 5.10 Å². The van der Waals surface area contributed by atoms with E-state index in [0.717, 1.165) is 11.1 Å². The Morgan fingerprint density at radius 1 is 1.08 bits per heavy atom. The first kappa shape index (κ1) is 26.3. The maximum absolute atomic E-state index is 13.5. The summed E-state index contributed by atoms with van der Waals surface area (Å²) in [4.78, 5) is 28.9. The Hall–Kier alpha value is -4.27. The van der Waals surface area contributed by atoms with Crippen LogP contribution in [0.2, 0.25) is 0 Å². The number of ether oxygens (including phenoxy) is 2. The molecule has 2 aromatic carbocycles. The highest BCUT2D eigenvalue weighted by molar-refractivity contribution is 5.97. The molecular weight excluding hydrogens is 463 g/mol. The Morgan fingerprint density at radius 3 is 2.58 bits per heavy atom. The molecule has 4 aromatic rings. The largest absolute Gasteiger partial charge is 0.444 e. The van der Waals surface area contributed by atoms with Gasteiger partial charge in [0.2, 0.25) is 5.88 Å². The highest BCUT2D eigenvalue weighted by Gasteiger charge is 2.17. The van der Waals surface area contributed by atoms with Crippen molar-refractivity contribution in [1.29, 1.82) is 0 Å². The molecule has 0 spiro atoms. The summed E-state index contributed by atoms with van der Waals surface area (Å²) >= 11 is 0. The minimum Gasteiger partial charge on any atom is -0.444 e. The first-order chi connectivity index (χ1) is 16.6. The molecule has 0 aliphatic carbocycles. The monoisotopic (exact) mass is 492 g/mol. The van der Waals surface area contributed by atoms with Crippen LogP contribution in [0.15, 0.2) is 60.8 Å². The van der Waals surface area contributed by atoms with E-state index in [2.05, 4.69) is 15.4 Å². The van der Waals surface area contributed by atoms with E-state index in [9.17, 15) is 14.0 Å². The highest BCUT2D eigenvalue weighted by Crippen LogP contribution is 2.24. The molecule has 0 bridgehead atoms. The number of rotatable bonds is 6. The minimum atomic E-state index is -0.628. The third-order valence-corrected chi connectivity index (χ3v) is 4.97. The van der Waals surface area contributed by atoms with Gasteiger partial charge in [0.1, 0.15) is 17.2 Å². The Morgan fingerprint density at radius 2 is 1.86 bits per heavy atom. The number of nitrogens with one attached hydrogen (secondary N) is 1. The summed E-state index contributed by atoms with van der Waals surface area (Å²) in [7, 11) is 0. The summed E-state index contributed by atoms with van der Waals surface area (Å²) in [6, 6.07) is 14.4. The molecule has 188 valence electrons. The van der Waals surface area contributed by atoms with Crippen LogP contribution < -0.4 is 10.1 Å². The molecule has 0 aliphatic heterocycles. The number of fused-ring (bicyclic) bond motifs is 1. The molecule has 0 unspecified atom stereocenters. The average Bonchev–Trinajstić information content (AvgIpc) is 3.16. The van der Waals surface area contributed by atoms with Crippen LogP contribution in [0.1, 0.15) is 49.7 Å². The number of amides is 1. The van der Waals surface area contributed by atoms with Crippen LogP contribution in [-0.2, 0) is 11.2 Å². The van der Waals surface area contributed by atoms with Gasteiger partial charge in [-0.2, -0.15) is 0 Å². The Labute approximate surface area is 209 Å². The van der Waals surface area contributed by atoms with Gasteiger partial charge in [-0.25, -0.2) is 18.7 Å². The molecule has 1 N–H and O–H groups in total. The maximum Gasteiger partial charge on any atom is 0.413 e. The highest BCUT2D eigenvalue weighted by atomic mass is 19.1. The third kappa shape index (κ3) is 6.65. The Balaban J connectivity index is 0.00000361. The van der Waals surface area contributed by atoms with Crippen molar-refractivity contribution in [3.8, 4) is 11.6 Å². The van der Waals surface area contributed by atoms with E-state index in [4.69, 9.17) is 9.47 Å². The second kappa shape index (κ2) is 10.6. The van der Waals surface area contributed by atoms with E-state index in [0.29, 0.717) is 22.8 Å². The lowest BCUT2D eigenvalue weighted by atomic mass is 9.99. The molecule has 0 saturated carbocycles. The molecule has 0 radical (unpaired) electrons. The molecule has 36 heavy (non-hydrogen) atoms. The zero-order chi connectivity index (χ0) is 25.2. The molecule has 0 atom stereocenters. The van der Waals surface area contributed by atoms with Gasteiger partial charge in [0.15, 0.2) is 17.2 Å². The normalized spacial score (nSPS) is 11.0. The second-order valence-corrected chi connectivity index (χ2v) is 9.03. The van der Waals surface area contributed by atoms with Crippen LogP contribution >= 0.6 is 0 Å². The zero-order valence-electron chi connectivity index (χ0n) is 19.8. The number of aryl methyl sites for hydroxylation is 1. The lowest BCUT2D eigenvalue weighted by Gasteiger charge is -2.18. The number of halogens is 1. The van der Waals surface area contributed by atoms with E-state index in [1.165, 1.54) is 22.7 Å². The minimum absolute atomic E-state index is 0.